The van der Waals surface area contributed by atoms with E-state index in [9.17, 15) is 4.79 Å². The van der Waals surface area contributed by atoms with Crippen LogP contribution >= 0.6 is 0 Å². The molecular weight excluding hydrogens is 306 g/mol. The lowest BCUT2D eigenvalue weighted by Gasteiger charge is -2.40. The van der Waals surface area contributed by atoms with Gasteiger partial charge in [-0.15, -0.1) is 0 Å². The first-order valence-electron chi connectivity index (χ1n) is 9.80. The minimum Gasteiger partial charge on any atom is -0.381 e. The van der Waals surface area contributed by atoms with Crippen molar-refractivity contribution < 1.29 is 19.0 Å². The predicted molar refractivity (Wildman–Crippen MR) is 89.7 cm³/mol. The summed E-state index contributed by atoms with van der Waals surface area (Å²) < 4.78 is 17.2. The lowest BCUT2D eigenvalue weighted by Crippen LogP contribution is -2.46. The van der Waals surface area contributed by atoms with Crippen molar-refractivity contribution in [3.8, 4) is 0 Å². The van der Waals surface area contributed by atoms with E-state index in [-0.39, 0.29) is 12.0 Å². The lowest BCUT2D eigenvalue weighted by atomic mass is 9.76. The van der Waals surface area contributed by atoms with Crippen LogP contribution in [0.1, 0.15) is 44.9 Å². The molecule has 1 spiro atoms. The van der Waals surface area contributed by atoms with Gasteiger partial charge in [-0.05, 0) is 56.3 Å². The number of carbonyl (C=O) groups is 1. The summed E-state index contributed by atoms with van der Waals surface area (Å²) in [5.41, 5.74) is 0.292. The monoisotopic (exact) mass is 337 g/mol. The number of piperidine rings is 1. The fourth-order valence-corrected chi connectivity index (χ4v) is 4.41. The average molecular weight is 337 g/mol. The second-order valence-corrected chi connectivity index (χ2v) is 8.33. The minimum atomic E-state index is 0.191. The molecule has 1 aliphatic carbocycles. The second kappa shape index (κ2) is 7.30. The van der Waals surface area contributed by atoms with Crippen molar-refractivity contribution >= 4 is 5.91 Å². The van der Waals surface area contributed by atoms with Gasteiger partial charge in [-0.1, -0.05) is 0 Å². The SMILES string of the molecule is O=C(C1CCOCC1)N1CCC2(CC1)CO[C@@H](COCC1CC1)C2. The highest BCUT2D eigenvalue weighted by molar-refractivity contribution is 5.79. The van der Waals surface area contributed by atoms with Crippen molar-refractivity contribution in [3.63, 3.8) is 0 Å². The number of carbonyl (C=O) groups excluding carboxylic acids is 1. The molecular formula is C19H31NO4. The van der Waals surface area contributed by atoms with Crippen molar-refractivity contribution in [1.82, 2.24) is 4.90 Å². The van der Waals surface area contributed by atoms with Gasteiger partial charge < -0.3 is 19.1 Å². The van der Waals surface area contributed by atoms with Crippen LogP contribution in [-0.2, 0) is 19.0 Å². The van der Waals surface area contributed by atoms with Gasteiger partial charge in [0.25, 0.3) is 0 Å². The molecule has 136 valence electrons. The molecule has 24 heavy (non-hydrogen) atoms. The zero-order valence-corrected chi connectivity index (χ0v) is 14.7. The van der Waals surface area contributed by atoms with Crippen LogP contribution in [0.2, 0.25) is 0 Å². The smallest absolute Gasteiger partial charge is 0.225 e. The highest BCUT2D eigenvalue weighted by Crippen LogP contribution is 2.42. The number of ether oxygens (including phenoxy) is 3. The summed E-state index contributed by atoms with van der Waals surface area (Å²) in [5, 5.41) is 0. The van der Waals surface area contributed by atoms with E-state index in [1.165, 1.54) is 12.8 Å². The van der Waals surface area contributed by atoms with E-state index in [2.05, 4.69) is 4.90 Å². The predicted octanol–water partition coefficient (Wildman–Crippen LogP) is 2.24. The van der Waals surface area contributed by atoms with Crippen molar-refractivity contribution in [2.24, 2.45) is 17.3 Å². The molecule has 1 amide bonds. The van der Waals surface area contributed by atoms with Crippen LogP contribution in [0.3, 0.4) is 0 Å². The first-order valence-corrected chi connectivity index (χ1v) is 9.80. The maximum absolute atomic E-state index is 12.7. The molecule has 4 rings (SSSR count). The largest absolute Gasteiger partial charge is 0.381 e. The van der Waals surface area contributed by atoms with E-state index in [4.69, 9.17) is 14.2 Å². The summed E-state index contributed by atoms with van der Waals surface area (Å²) in [6.45, 7) is 5.80. The van der Waals surface area contributed by atoms with Crippen molar-refractivity contribution in [2.75, 3.05) is 46.1 Å². The van der Waals surface area contributed by atoms with E-state index in [0.29, 0.717) is 11.3 Å². The molecule has 0 aromatic carbocycles. The molecule has 3 aliphatic heterocycles. The Hall–Kier alpha value is -0.650. The standard InChI is InChI=1S/C19H31NO4/c21-18(16-3-9-22-10-4-16)20-7-5-19(6-8-20)11-17(24-14-19)13-23-12-15-1-2-15/h15-17H,1-14H2/t17-/m1/s1. The lowest BCUT2D eigenvalue weighted by molar-refractivity contribution is -0.140. The second-order valence-electron chi connectivity index (χ2n) is 8.33. The Bertz CT molecular complexity index is 437. The Kier molecular flexibility index (Phi) is 5.11. The van der Waals surface area contributed by atoms with E-state index in [0.717, 1.165) is 84.1 Å². The van der Waals surface area contributed by atoms with Crippen LogP contribution in [-0.4, -0.2) is 63.0 Å². The fourth-order valence-electron chi connectivity index (χ4n) is 4.41. The molecule has 1 saturated carbocycles. The van der Waals surface area contributed by atoms with Crippen LogP contribution in [0.25, 0.3) is 0 Å². The number of nitrogens with zero attached hydrogens (tertiary/aromatic N) is 1. The first-order chi connectivity index (χ1) is 11.7. The number of hydrogen-bond donors (Lipinski definition) is 0. The van der Waals surface area contributed by atoms with Gasteiger partial charge in [0.1, 0.15) is 0 Å². The fraction of sp³-hybridized carbons (Fsp3) is 0.947. The number of amides is 1. The van der Waals surface area contributed by atoms with Gasteiger partial charge in [-0.2, -0.15) is 0 Å². The molecule has 0 N–H and O–H groups in total. The average Bonchev–Trinajstić information content (AvgIpc) is 3.37. The third kappa shape index (κ3) is 3.94. The van der Waals surface area contributed by atoms with Crippen molar-refractivity contribution in [1.29, 1.82) is 0 Å². The van der Waals surface area contributed by atoms with Crippen molar-refractivity contribution in [2.45, 2.75) is 51.0 Å². The summed E-state index contributed by atoms with van der Waals surface area (Å²) in [6, 6.07) is 0. The van der Waals surface area contributed by atoms with Crippen LogP contribution < -0.4 is 0 Å². The Morgan fingerprint density at radius 3 is 2.54 bits per heavy atom. The van der Waals surface area contributed by atoms with Crippen molar-refractivity contribution in [3.05, 3.63) is 0 Å². The van der Waals surface area contributed by atoms with Gasteiger partial charge in [0, 0.05) is 38.8 Å². The van der Waals surface area contributed by atoms with E-state index < -0.39 is 0 Å². The molecule has 0 aromatic heterocycles. The Balaban J connectivity index is 1.21. The van der Waals surface area contributed by atoms with Gasteiger partial charge in [0.2, 0.25) is 5.91 Å². The minimum absolute atomic E-state index is 0.191. The van der Waals surface area contributed by atoms with Crippen LogP contribution in [0, 0.1) is 17.3 Å². The zero-order valence-electron chi connectivity index (χ0n) is 14.7. The Labute approximate surface area is 145 Å². The van der Waals surface area contributed by atoms with Crippen LogP contribution in [0.4, 0.5) is 0 Å². The topological polar surface area (TPSA) is 48.0 Å². The molecule has 4 fully saturated rings. The quantitative estimate of drug-likeness (QED) is 0.772. The van der Waals surface area contributed by atoms with Gasteiger partial charge in [-0.3, -0.25) is 4.79 Å². The number of hydrogen-bond acceptors (Lipinski definition) is 4. The molecule has 0 unspecified atom stereocenters. The molecule has 0 radical (unpaired) electrons. The highest BCUT2D eigenvalue weighted by atomic mass is 16.5. The molecule has 0 bridgehead atoms. The van der Waals surface area contributed by atoms with Crippen LogP contribution in [0.5, 0.6) is 0 Å². The molecule has 1 atom stereocenters. The zero-order chi connectivity index (χ0) is 16.4. The van der Waals surface area contributed by atoms with E-state index >= 15 is 0 Å². The Morgan fingerprint density at radius 1 is 1.08 bits per heavy atom. The molecule has 5 heteroatoms. The third-order valence-electron chi connectivity index (χ3n) is 6.35. The summed E-state index contributed by atoms with van der Waals surface area (Å²) >= 11 is 0. The molecule has 4 aliphatic rings. The maximum Gasteiger partial charge on any atom is 0.225 e. The van der Waals surface area contributed by atoms with Gasteiger partial charge in [-0.25, -0.2) is 0 Å². The number of rotatable bonds is 5. The highest BCUT2D eigenvalue weighted by Gasteiger charge is 2.43. The van der Waals surface area contributed by atoms with E-state index in [1.807, 2.05) is 0 Å². The molecule has 3 heterocycles. The van der Waals surface area contributed by atoms with E-state index in [1.54, 1.807) is 0 Å². The molecule has 3 saturated heterocycles. The number of likely N-dealkylation sites (tertiary alicyclic amines) is 1. The molecule has 0 aromatic rings. The summed E-state index contributed by atoms with van der Waals surface area (Å²) in [7, 11) is 0. The van der Waals surface area contributed by atoms with Gasteiger partial charge >= 0.3 is 0 Å². The van der Waals surface area contributed by atoms with Gasteiger partial charge in [0.15, 0.2) is 0 Å². The third-order valence-corrected chi connectivity index (χ3v) is 6.35. The Morgan fingerprint density at radius 2 is 1.83 bits per heavy atom. The van der Waals surface area contributed by atoms with Gasteiger partial charge in [0.05, 0.1) is 19.3 Å². The maximum atomic E-state index is 12.7. The first kappa shape index (κ1) is 16.8. The molecule has 5 nitrogen and oxygen atoms in total. The summed E-state index contributed by atoms with van der Waals surface area (Å²) in [6.07, 6.45) is 8.01. The van der Waals surface area contributed by atoms with Crippen LogP contribution in [0.15, 0.2) is 0 Å². The summed E-state index contributed by atoms with van der Waals surface area (Å²) in [4.78, 5) is 14.7. The summed E-state index contributed by atoms with van der Waals surface area (Å²) in [5.74, 6) is 1.37. The normalized spacial score (nSPS) is 30.8.